The SMILES string of the molecule is CN(CC1CCCCC1O)S(=O)(=O)c1cccc2ncccc12. The van der Waals surface area contributed by atoms with E-state index in [9.17, 15) is 13.5 Å². The highest BCUT2D eigenvalue weighted by atomic mass is 32.2. The Balaban J connectivity index is 1.90. The van der Waals surface area contributed by atoms with Gasteiger partial charge in [0.25, 0.3) is 0 Å². The molecule has 5 nitrogen and oxygen atoms in total. The number of nitrogens with zero attached hydrogens (tertiary/aromatic N) is 2. The van der Waals surface area contributed by atoms with Gasteiger partial charge in [-0.15, -0.1) is 0 Å². The minimum Gasteiger partial charge on any atom is -0.393 e. The highest BCUT2D eigenvalue weighted by molar-refractivity contribution is 7.89. The van der Waals surface area contributed by atoms with Gasteiger partial charge in [-0.3, -0.25) is 4.98 Å². The van der Waals surface area contributed by atoms with Gasteiger partial charge in [0.05, 0.1) is 16.5 Å². The third-order valence-electron chi connectivity index (χ3n) is 4.65. The van der Waals surface area contributed by atoms with Crippen LogP contribution >= 0.6 is 0 Å². The number of hydrogen-bond donors (Lipinski definition) is 1. The Morgan fingerprint density at radius 2 is 2.00 bits per heavy atom. The van der Waals surface area contributed by atoms with Gasteiger partial charge in [-0.25, -0.2) is 12.7 Å². The van der Waals surface area contributed by atoms with E-state index in [-0.39, 0.29) is 10.8 Å². The molecule has 23 heavy (non-hydrogen) atoms. The van der Waals surface area contributed by atoms with Crippen molar-refractivity contribution in [3.8, 4) is 0 Å². The number of aliphatic hydroxyl groups excluding tert-OH is 1. The van der Waals surface area contributed by atoms with Crippen molar-refractivity contribution in [1.29, 1.82) is 0 Å². The second-order valence-corrected chi connectivity index (χ2v) is 8.24. The van der Waals surface area contributed by atoms with Gasteiger partial charge in [-0.2, -0.15) is 0 Å². The number of aromatic nitrogens is 1. The highest BCUT2D eigenvalue weighted by Gasteiger charge is 2.30. The Kier molecular flexibility index (Phi) is 4.66. The summed E-state index contributed by atoms with van der Waals surface area (Å²) in [4.78, 5) is 4.49. The molecule has 3 rings (SSSR count). The van der Waals surface area contributed by atoms with Crippen molar-refractivity contribution < 1.29 is 13.5 Å². The summed E-state index contributed by atoms with van der Waals surface area (Å²) in [6, 6.07) is 8.66. The number of aliphatic hydroxyl groups is 1. The zero-order valence-corrected chi connectivity index (χ0v) is 14.0. The molecule has 1 aromatic heterocycles. The van der Waals surface area contributed by atoms with E-state index in [2.05, 4.69) is 4.98 Å². The average Bonchev–Trinajstić information content (AvgIpc) is 2.56. The van der Waals surface area contributed by atoms with E-state index < -0.39 is 16.1 Å². The van der Waals surface area contributed by atoms with Gasteiger partial charge in [-0.1, -0.05) is 18.9 Å². The predicted octanol–water partition coefficient (Wildman–Crippen LogP) is 2.41. The maximum absolute atomic E-state index is 12.9. The molecule has 0 saturated heterocycles. The van der Waals surface area contributed by atoms with Crippen molar-refractivity contribution in [2.24, 2.45) is 5.92 Å². The van der Waals surface area contributed by atoms with Crippen LogP contribution in [0.3, 0.4) is 0 Å². The average molecular weight is 334 g/mol. The molecular weight excluding hydrogens is 312 g/mol. The first-order chi connectivity index (χ1) is 11.0. The fourth-order valence-electron chi connectivity index (χ4n) is 3.30. The maximum Gasteiger partial charge on any atom is 0.243 e. The minimum atomic E-state index is -3.61. The van der Waals surface area contributed by atoms with Crippen LogP contribution in [0.4, 0.5) is 0 Å². The number of sulfonamides is 1. The van der Waals surface area contributed by atoms with E-state index in [1.54, 1.807) is 43.6 Å². The van der Waals surface area contributed by atoms with E-state index in [0.29, 0.717) is 17.4 Å². The van der Waals surface area contributed by atoms with Crippen LogP contribution in [0.15, 0.2) is 41.4 Å². The summed E-state index contributed by atoms with van der Waals surface area (Å²) >= 11 is 0. The third-order valence-corrected chi connectivity index (χ3v) is 6.54. The molecule has 1 aromatic carbocycles. The van der Waals surface area contributed by atoms with E-state index in [4.69, 9.17) is 0 Å². The second kappa shape index (κ2) is 6.55. The van der Waals surface area contributed by atoms with Gasteiger partial charge in [-0.05, 0) is 43.0 Å². The van der Waals surface area contributed by atoms with Crippen molar-refractivity contribution in [2.45, 2.75) is 36.7 Å². The fourth-order valence-corrected chi connectivity index (χ4v) is 4.72. The van der Waals surface area contributed by atoms with Crippen LogP contribution in [0.25, 0.3) is 10.9 Å². The topological polar surface area (TPSA) is 70.5 Å². The molecule has 1 heterocycles. The molecular formula is C17H22N2O3S. The fraction of sp³-hybridized carbons (Fsp3) is 0.471. The number of benzene rings is 1. The molecule has 0 amide bonds. The predicted molar refractivity (Wildman–Crippen MR) is 89.5 cm³/mol. The van der Waals surface area contributed by atoms with E-state index in [1.165, 1.54) is 4.31 Å². The zero-order chi connectivity index (χ0) is 16.4. The van der Waals surface area contributed by atoms with Gasteiger partial charge in [0.1, 0.15) is 0 Å². The van der Waals surface area contributed by atoms with Crippen LogP contribution in [-0.4, -0.2) is 42.5 Å². The molecule has 124 valence electrons. The molecule has 2 aromatic rings. The van der Waals surface area contributed by atoms with Gasteiger partial charge in [0, 0.05) is 25.2 Å². The lowest BCUT2D eigenvalue weighted by atomic mass is 9.86. The van der Waals surface area contributed by atoms with Crippen LogP contribution < -0.4 is 0 Å². The lowest BCUT2D eigenvalue weighted by Crippen LogP contribution is -2.38. The molecule has 1 aliphatic rings. The van der Waals surface area contributed by atoms with Crippen LogP contribution in [0.5, 0.6) is 0 Å². The Hall–Kier alpha value is -1.50. The Morgan fingerprint density at radius 3 is 2.78 bits per heavy atom. The summed E-state index contributed by atoms with van der Waals surface area (Å²) < 4.78 is 27.3. The maximum atomic E-state index is 12.9. The molecule has 0 radical (unpaired) electrons. The first-order valence-corrected chi connectivity index (χ1v) is 9.42. The first-order valence-electron chi connectivity index (χ1n) is 7.98. The quantitative estimate of drug-likeness (QED) is 0.932. The lowest BCUT2D eigenvalue weighted by Gasteiger charge is -2.30. The van der Waals surface area contributed by atoms with Crippen LogP contribution in [-0.2, 0) is 10.0 Å². The largest absolute Gasteiger partial charge is 0.393 e. The Labute approximate surface area is 137 Å². The zero-order valence-electron chi connectivity index (χ0n) is 13.2. The number of rotatable bonds is 4. The van der Waals surface area contributed by atoms with Gasteiger partial charge in [0.2, 0.25) is 10.0 Å². The minimum absolute atomic E-state index is 0.0108. The van der Waals surface area contributed by atoms with Crippen molar-refractivity contribution in [1.82, 2.24) is 9.29 Å². The summed E-state index contributed by atoms with van der Waals surface area (Å²) in [5, 5.41) is 10.7. The molecule has 0 spiro atoms. The molecule has 1 fully saturated rings. The standard InChI is InChI=1S/C17H22N2O3S/c1-19(12-13-6-2-3-9-16(13)20)23(21,22)17-10-4-8-15-14(17)7-5-11-18-15/h4-5,7-8,10-11,13,16,20H,2-3,6,9,12H2,1H3. The smallest absolute Gasteiger partial charge is 0.243 e. The van der Waals surface area contributed by atoms with E-state index in [1.807, 2.05) is 0 Å². The number of pyridine rings is 1. The van der Waals surface area contributed by atoms with Crippen LogP contribution in [0.1, 0.15) is 25.7 Å². The molecule has 2 unspecified atom stereocenters. The van der Waals surface area contributed by atoms with Gasteiger partial charge < -0.3 is 5.11 Å². The van der Waals surface area contributed by atoms with Crippen molar-refractivity contribution in [3.63, 3.8) is 0 Å². The van der Waals surface area contributed by atoms with Gasteiger partial charge >= 0.3 is 0 Å². The Morgan fingerprint density at radius 1 is 1.22 bits per heavy atom. The molecule has 0 bridgehead atoms. The van der Waals surface area contributed by atoms with Gasteiger partial charge in [0.15, 0.2) is 0 Å². The molecule has 1 N–H and O–H groups in total. The van der Waals surface area contributed by atoms with E-state index >= 15 is 0 Å². The summed E-state index contributed by atoms with van der Waals surface area (Å²) in [6.07, 6.45) is 4.95. The molecule has 2 atom stereocenters. The summed E-state index contributed by atoms with van der Waals surface area (Å²) in [5.74, 6) is 0.0108. The second-order valence-electron chi connectivity index (χ2n) is 6.22. The van der Waals surface area contributed by atoms with Crippen LogP contribution in [0, 0.1) is 5.92 Å². The number of fused-ring (bicyclic) bond motifs is 1. The molecule has 6 heteroatoms. The summed E-state index contributed by atoms with van der Waals surface area (Å²) in [6.45, 7) is 0.347. The number of hydrogen-bond acceptors (Lipinski definition) is 4. The molecule has 1 aliphatic carbocycles. The normalized spacial score (nSPS) is 22.6. The van der Waals surface area contributed by atoms with E-state index in [0.717, 1.165) is 25.7 Å². The lowest BCUT2D eigenvalue weighted by molar-refractivity contribution is 0.0621. The molecule has 0 aliphatic heterocycles. The molecule has 1 saturated carbocycles. The summed E-state index contributed by atoms with van der Waals surface area (Å²) in [5.41, 5.74) is 0.666. The van der Waals surface area contributed by atoms with Crippen molar-refractivity contribution in [3.05, 3.63) is 36.5 Å². The van der Waals surface area contributed by atoms with Crippen molar-refractivity contribution >= 4 is 20.9 Å². The first kappa shape index (κ1) is 16.4. The highest BCUT2D eigenvalue weighted by Crippen LogP contribution is 2.28. The third kappa shape index (κ3) is 3.24. The summed E-state index contributed by atoms with van der Waals surface area (Å²) in [7, 11) is -2.02. The Bertz CT molecular complexity index is 786. The monoisotopic (exact) mass is 334 g/mol. The van der Waals surface area contributed by atoms with Crippen molar-refractivity contribution in [2.75, 3.05) is 13.6 Å². The van der Waals surface area contributed by atoms with Crippen LogP contribution in [0.2, 0.25) is 0 Å².